The number of nitro benzene ring substituents is 1. The van der Waals surface area contributed by atoms with Crippen molar-refractivity contribution in [1.29, 1.82) is 0 Å². The molecule has 0 spiro atoms. The van der Waals surface area contributed by atoms with Gasteiger partial charge in [-0.1, -0.05) is 23.2 Å². The topological polar surface area (TPSA) is 78.7 Å². The van der Waals surface area contributed by atoms with Gasteiger partial charge in [-0.25, -0.2) is 4.79 Å². The van der Waals surface area contributed by atoms with Gasteiger partial charge in [0.25, 0.3) is 5.69 Å². The maximum atomic E-state index is 11.9. The Balaban J connectivity index is 1.85. The lowest BCUT2D eigenvalue weighted by Crippen LogP contribution is -2.12. The van der Waals surface area contributed by atoms with Crippen molar-refractivity contribution in [3.63, 3.8) is 0 Å². The van der Waals surface area contributed by atoms with Gasteiger partial charge in [0.1, 0.15) is 19.0 Å². The summed E-state index contributed by atoms with van der Waals surface area (Å²) in [5.41, 5.74) is -0.138. The summed E-state index contributed by atoms with van der Waals surface area (Å²) in [7, 11) is 0. The minimum atomic E-state index is -0.676. The van der Waals surface area contributed by atoms with Crippen LogP contribution in [0.4, 0.5) is 5.69 Å². The number of esters is 1. The molecule has 0 aliphatic heterocycles. The summed E-state index contributed by atoms with van der Waals surface area (Å²) in [5, 5.41) is 11.2. The molecule has 2 aromatic carbocycles. The maximum Gasteiger partial charge on any atom is 0.339 e. The molecule has 120 valence electrons. The lowest BCUT2D eigenvalue weighted by atomic mass is 10.2. The van der Waals surface area contributed by atoms with Crippen LogP contribution in [0.2, 0.25) is 10.0 Å². The lowest BCUT2D eigenvalue weighted by molar-refractivity contribution is -0.384. The van der Waals surface area contributed by atoms with Crippen molar-refractivity contribution < 1.29 is 19.2 Å². The van der Waals surface area contributed by atoms with Crippen LogP contribution in [-0.2, 0) is 4.74 Å². The van der Waals surface area contributed by atoms with Gasteiger partial charge in [0.05, 0.1) is 15.5 Å². The highest BCUT2D eigenvalue weighted by Gasteiger charge is 2.16. The number of nitro groups is 1. The van der Waals surface area contributed by atoms with E-state index in [0.717, 1.165) is 6.07 Å². The average Bonchev–Trinajstić information content (AvgIpc) is 2.52. The zero-order chi connectivity index (χ0) is 16.8. The van der Waals surface area contributed by atoms with E-state index in [0.29, 0.717) is 10.8 Å². The molecule has 23 heavy (non-hydrogen) atoms. The van der Waals surface area contributed by atoms with Gasteiger partial charge in [0.15, 0.2) is 0 Å². The van der Waals surface area contributed by atoms with E-state index in [-0.39, 0.29) is 29.5 Å². The molecule has 0 bridgehead atoms. The number of hydrogen-bond acceptors (Lipinski definition) is 5. The molecule has 6 nitrogen and oxygen atoms in total. The van der Waals surface area contributed by atoms with Crippen LogP contribution in [0.1, 0.15) is 10.4 Å². The Labute approximate surface area is 141 Å². The van der Waals surface area contributed by atoms with E-state index in [4.69, 9.17) is 32.7 Å². The first-order valence-corrected chi connectivity index (χ1v) is 7.22. The molecule has 0 atom stereocenters. The van der Waals surface area contributed by atoms with Gasteiger partial charge >= 0.3 is 5.97 Å². The van der Waals surface area contributed by atoms with Crippen LogP contribution < -0.4 is 4.74 Å². The van der Waals surface area contributed by atoms with Crippen molar-refractivity contribution >= 4 is 34.9 Å². The number of carbonyl (C=O) groups is 1. The van der Waals surface area contributed by atoms with E-state index in [9.17, 15) is 14.9 Å². The molecule has 0 N–H and O–H groups in total. The molecule has 0 saturated carbocycles. The number of nitrogens with zero attached hydrogens (tertiary/aromatic N) is 1. The lowest BCUT2D eigenvalue weighted by Gasteiger charge is -2.08. The molecule has 0 saturated heterocycles. The van der Waals surface area contributed by atoms with Crippen LogP contribution in [0.15, 0.2) is 42.5 Å². The van der Waals surface area contributed by atoms with Crippen LogP contribution in [0.5, 0.6) is 5.75 Å². The van der Waals surface area contributed by atoms with E-state index in [2.05, 4.69) is 0 Å². The highest BCUT2D eigenvalue weighted by atomic mass is 35.5. The molecule has 0 amide bonds. The molecule has 0 radical (unpaired) electrons. The second-order valence-electron chi connectivity index (χ2n) is 4.36. The minimum absolute atomic E-state index is 0.00871. The van der Waals surface area contributed by atoms with Gasteiger partial charge in [-0.05, 0) is 30.3 Å². The summed E-state index contributed by atoms with van der Waals surface area (Å²) in [5.74, 6) is -0.0802. The zero-order valence-electron chi connectivity index (χ0n) is 11.7. The van der Waals surface area contributed by atoms with Gasteiger partial charge in [-0.15, -0.1) is 0 Å². The maximum absolute atomic E-state index is 11.9. The Bertz CT molecular complexity index is 718. The first-order chi connectivity index (χ1) is 11.0. The fourth-order valence-corrected chi connectivity index (χ4v) is 2.06. The Hall–Kier alpha value is -2.31. The summed E-state index contributed by atoms with van der Waals surface area (Å²) in [6.45, 7) is 0.159. The predicted molar refractivity (Wildman–Crippen MR) is 85.3 cm³/mol. The Kier molecular flexibility index (Phi) is 5.78. The summed E-state index contributed by atoms with van der Waals surface area (Å²) >= 11 is 11.6. The first kappa shape index (κ1) is 17.1. The largest absolute Gasteiger partial charge is 0.490 e. The first-order valence-electron chi connectivity index (χ1n) is 6.47. The number of rotatable bonds is 6. The van der Waals surface area contributed by atoms with Crippen molar-refractivity contribution in [3.05, 3.63) is 68.2 Å². The standard InChI is InChI=1S/C15H11Cl2NO5/c16-10-1-4-12(5-2-10)22-7-8-23-15(19)13-6-3-11(18(20)21)9-14(13)17/h1-6,9H,7-8H2. The minimum Gasteiger partial charge on any atom is -0.490 e. The quantitative estimate of drug-likeness (QED) is 0.336. The molecule has 0 unspecified atom stereocenters. The SMILES string of the molecule is O=C(OCCOc1ccc(Cl)cc1)c1ccc([N+](=O)[O-])cc1Cl. The summed E-state index contributed by atoms with van der Waals surface area (Å²) in [6, 6.07) is 10.3. The molecule has 0 aromatic heterocycles. The molecule has 0 fully saturated rings. The number of benzene rings is 2. The van der Waals surface area contributed by atoms with E-state index in [1.54, 1.807) is 24.3 Å². The fourth-order valence-electron chi connectivity index (χ4n) is 1.69. The van der Waals surface area contributed by atoms with Gasteiger partial charge < -0.3 is 9.47 Å². The van der Waals surface area contributed by atoms with Crippen molar-refractivity contribution in [3.8, 4) is 5.75 Å². The molecular formula is C15H11Cl2NO5. The van der Waals surface area contributed by atoms with Crippen molar-refractivity contribution in [2.24, 2.45) is 0 Å². The fraction of sp³-hybridized carbons (Fsp3) is 0.133. The third kappa shape index (κ3) is 4.84. The van der Waals surface area contributed by atoms with Crippen molar-refractivity contribution in [2.45, 2.75) is 0 Å². The van der Waals surface area contributed by atoms with E-state index in [1.165, 1.54) is 12.1 Å². The van der Waals surface area contributed by atoms with Crippen LogP contribution in [0, 0.1) is 10.1 Å². The third-order valence-corrected chi connectivity index (χ3v) is 3.35. The molecule has 2 rings (SSSR count). The number of halogens is 2. The molecular weight excluding hydrogens is 345 g/mol. The molecule has 0 heterocycles. The summed E-state index contributed by atoms with van der Waals surface area (Å²) in [4.78, 5) is 21.9. The molecule has 0 aliphatic carbocycles. The highest BCUT2D eigenvalue weighted by Crippen LogP contribution is 2.23. The Morgan fingerprint density at radius 2 is 1.78 bits per heavy atom. The van der Waals surface area contributed by atoms with Gasteiger partial charge in [0.2, 0.25) is 0 Å². The average molecular weight is 356 g/mol. The normalized spacial score (nSPS) is 10.2. The zero-order valence-corrected chi connectivity index (χ0v) is 13.2. The van der Waals surface area contributed by atoms with Crippen LogP contribution in [-0.4, -0.2) is 24.1 Å². The summed E-state index contributed by atoms with van der Waals surface area (Å²) < 4.78 is 10.4. The highest BCUT2D eigenvalue weighted by molar-refractivity contribution is 6.33. The van der Waals surface area contributed by atoms with E-state index < -0.39 is 10.9 Å². The van der Waals surface area contributed by atoms with Gasteiger partial charge in [-0.2, -0.15) is 0 Å². The predicted octanol–water partition coefficient (Wildman–Crippen LogP) is 4.14. The van der Waals surface area contributed by atoms with Crippen LogP contribution >= 0.6 is 23.2 Å². The monoisotopic (exact) mass is 355 g/mol. The van der Waals surface area contributed by atoms with E-state index >= 15 is 0 Å². The second-order valence-corrected chi connectivity index (χ2v) is 5.20. The number of carbonyl (C=O) groups excluding carboxylic acids is 1. The van der Waals surface area contributed by atoms with Crippen LogP contribution in [0.25, 0.3) is 0 Å². The van der Waals surface area contributed by atoms with E-state index in [1.807, 2.05) is 0 Å². The molecule has 2 aromatic rings. The Morgan fingerprint density at radius 1 is 1.09 bits per heavy atom. The molecule has 0 aliphatic rings. The van der Waals surface area contributed by atoms with Crippen LogP contribution in [0.3, 0.4) is 0 Å². The smallest absolute Gasteiger partial charge is 0.339 e. The van der Waals surface area contributed by atoms with Gasteiger partial charge in [-0.3, -0.25) is 10.1 Å². The summed E-state index contributed by atoms with van der Waals surface area (Å²) in [6.07, 6.45) is 0. The molecule has 8 heteroatoms. The van der Waals surface area contributed by atoms with Gasteiger partial charge in [0, 0.05) is 17.2 Å². The number of ether oxygens (including phenoxy) is 2. The van der Waals surface area contributed by atoms with Crippen molar-refractivity contribution in [1.82, 2.24) is 0 Å². The second kappa shape index (κ2) is 7.80. The van der Waals surface area contributed by atoms with Crippen molar-refractivity contribution in [2.75, 3.05) is 13.2 Å². The number of hydrogen-bond donors (Lipinski definition) is 0. The third-order valence-electron chi connectivity index (χ3n) is 2.78. The Morgan fingerprint density at radius 3 is 2.39 bits per heavy atom. The number of non-ortho nitro benzene ring substituents is 1.